The second kappa shape index (κ2) is 2.47. The molecule has 4 heteroatoms. The van der Waals surface area contributed by atoms with Gasteiger partial charge in [-0.15, -0.1) is 11.3 Å². The second-order valence-electron chi connectivity index (χ2n) is 2.23. The van der Waals surface area contributed by atoms with Gasteiger partial charge in [-0.2, -0.15) is 0 Å². The first kappa shape index (κ1) is 6.54. The van der Waals surface area contributed by atoms with Crippen molar-refractivity contribution in [2.75, 3.05) is 5.32 Å². The number of carbonyl (C=O) groups is 1. The molecule has 1 aromatic heterocycles. The van der Waals surface area contributed by atoms with Gasteiger partial charge in [0.2, 0.25) is 5.91 Å². The summed E-state index contributed by atoms with van der Waals surface area (Å²) in [6, 6.07) is 0. The van der Waals surface area contributed by atoms with Gasteiger partial charge < -0.3 is 5.32 Å². The molecule has 0 spiro atoms. The Labute approximate surface area is 67.8 Å². The van der Waals surface area contributed by atoms with E-state index in [-0.39, 0.29) is 5.91 Å². The summed E-state index contributed by atoms with van der Waals surface area (Å²) in [7, 11) is 0. The maximum Gasteiger partial charge on any atom is 0.229 e. The van der Waals surface area contributed by atoms with E-state index in [1.165, 1.54) is 11.3 Å². The normalized spacial score (nSPS) is 15.5. The number of aliphatic imine (C=N–C) groups is 1. The van der Waals surface area contributed by atoms with E-state index in [4.69, 9.17) is 0 Å². The van der Waals surface area contributed by atoms with Crippen LogP contribution in [0.4, 0.5) is 11.4 Å². The molecule has 0 aromatic carbocycles. The summed E-state index contributed by atoms with van der Waals surface area (Å²) in [5, 5.41) is 6.55. The van der Waals surface area contributed by atoms with Gasteiger partial charge >= 0.3 is 0 Å². The molecule has 0 aliphatic carbocycles. The summed E-state index contributed by atoms with van der Waals surface area (Å²) in [6.45, 7) is 0. The van der Waals surface area contributed by atoms with Crippen LogP contribution in [0.1, 0.15) is 6.42 Å². The standard InChI is InChI=1S/C7H6N2OS/c10-7-1-2-8-5-3-11-4-6(5)9-7/h2-4H,1H2,(H,9,10). The highest BCUT2D eigenvalue weighted by Gasteiger charge is 2.08. The number of thiophene rings is 1. The van der Waals surface area contributed by atoms with Crippen LogP contribution in [0.15, 0.2) is 15.8 Å². The van der Waals surface area contributed by atoms with Gasteiger partial charge in [-0.25, -0.2) is 0 Å². The van der Waals surface area contributed by atoms with Gasteiger partial charge in [0.25, 0.3) is 0 Å². The molecule has 0 saturated heterocycles. The molecule has 0 radical (unpaired) electrons. The predicted octanol–water partition coefficient (Wildman–Crippen LogP) is 1.79. The number of rotatable bonds is 0. The molecule has 0 atom stereocenters. The monoisotopic (exact) mass is 166 g/mol. The minimum atomic E-state index is 0.00546. The topological polar surface area (TPSA) is 41.5 Å². The molecular weight excluding hydrogens is 160 g/mol. The van der Waals surface area contributed by atoms with E-state index >= 15 is 0 Å². The number of hydrogen-bond donors (Lipinski definition) is 1. The van der Waals surface area contributed by atoms with E-state index in [0.29, 0.717) is 6.42 Å². The van der Waals surface area contributed by atoms with Gasteiger partial charge in [-0.1, -0.05) is 0 Å². The molecule has 0 fully saturated rings. The summed E-state index contributed by atoms with van der Waals surface area (Å²) < 4.78 is 0. The van der Waals surface area contributed by atoms with Crippen molar-refractivity contribution in [3.8, 4) is 0 Å². The Hall–Kier alpha value is -1.16. The summed E-state index contributed by atoms with van der Waals surface area (Å²) in [4.78, 5) is 15.0. The van der Waals surface area contributed by atoms with Gasteiger partial charge in [-0.05, 0) is 0 Å². The number of fused-ring (bicyclic) bond motifs is 1. The van der Waals surface area contributed by atoms with Crippen LogP contribution < -0.4 is 5.32 Å². The van der Waals surface area contributed by atoms with E-state index in [9.17, 15) is 4.79 Å². The zero-order valence-electron chi connectivity index (χ0n) is 5.70. The molecule has 1 aliphatic rings. The maximum atomic E-state index is 10.9. The molecular formula is C7H6N2OS. The van der Waals surface area contributed by atoms with Crippen molar-refractivity contribution in [2.45, 2.75) is 6.42 Å². The fraction of sp³-hybridized carbons (Fsp3) is 0.143. The van der Waals surface area contributed by atoms with Gasteiger partial charge in [-0.3, -0.25) is 9.79 Å². The zero-order valence-corrected chi connectivity index (χ0v) is 6.52. The molecule has 1 amide bonds. The van der Waals surface area contributed by atoms with Gasteiger partial charge in [0.15, 0.2) is 0 Å². The second-order valence-corrected chi connectivity index (χ2v) is 2.98. The van der Waals surface area contributed by atoms with Gasteiger partial charge in [0.1, 0.15) is 0 Å². The minimum absolute atomic E-state index is 0.00546. The van der Waals surface area contributed by atoms with E-state index in [2.05, 4.69) is 10.3 Å². The smallest absolute Gasteiger partial charge is 0.229 e. The van der Waals surface area contributed by atoms with Crippen molar-refractivity contribution in [3.05, 3.63) is 10.8 Å². The van der Waals surface area contributed by atoms with Crippen LogP contribution in [-0.2, 0) is 4.79 Å². The van der Waals surface area contributed by atoms with Crippen molar-refractivity contribution >= 4 is 34.8 Å². The third kappa shape index (κ3) is 1.17. The van der Waals surface area contributed by atoms with Crippen molar-refractivity contribution in [1.82, 2.24) is 0 Å². The van der Waals surface area contributed by atoms with Crippen LogP contribution in [0.2, 0.25) is 0 Å². The highest BCUT2D eigenvalue weighted by Crippen LogP contribution is 2.30. The largest absolute Gasteiger partial charge is 0.323 e. The average molecular weight is 166 g/mol. The van der Waals surface area contributed by atoms with Gasteiger partial charge in [0.05, 0.1) is 17.8 Å². The molecule has 56 valence electrons. The first-order chi connectivity index (χ1) is 5.36. The first-order valence-electron chi connectivity index (χ1n) is 3.25. The predicted molar refractivity (Wildman–Crippen MR) is 45.7 cm³/mol. The van der Waals surface area contributed by atoms with Crippen molar-refractivity contribution in [1.29, 1.82) is 0 Å². The number of carbonyl (C=O) groups excluding carboxylic acids is 1. The first-order valence-corrected chi connectivity index (χ1v) is 4.19. The van der Waals surface area contributed by atoms with Crippen LogP contribution >= 0.6 is 11.3 Å². The van der Waals surface area contributed by atoms with Crippen molar-refractivity contribution in [3.63, 3.8) is 0 Å². The Balaban J connectivity index is 2.44. The maximum absolute atomic E-state index is 10.9. The Bertz CT molecular complexity index is 316. The number of nitrogens with zero attached hydrogens (tertiary/aromatic N) is 1. The lowest BCUT2D eigenvalue weighted by molar-refractivity contribution is -0.115. The van der Waals surface area contributed by atoms with E-state index in [0.717, 1.165) is 11.4 Å². The number of hydrogen-bond acceptors (Lipinski definition) is 3. The summed E-state index contributed by atoms with van der Waals surface area (Å²) in [5.41, 5.74) is 1.69. The molecule has 2 rings (SSSR count). The number of anilines is 1. The molecule has 2 heterocycles. The lowest BCUT2D eigenvalue weighted by atomic mass is 10.4. The number of nitrogens with one attached hydrogen (secondary N) is 1. The van der Waals surface area contributed by atoms with E-state index < -0.39 is 0 Å². The van der Waals surface area contributed by atoms with Crippen LogP contribution in [0.5, 0.6) is 0 Å². The fourth-order valence-electron chi connectivity index (χ4n) is 0.912. The average Bonchev–Trinajstić information content (AvgIpc) is 2.31. The summed E-state index contributed by atoms with van der Waals surface area (Å²) >= 11 is 1.54. The Kier molecular flexibility index (Phi) is 1.47. The fourth-order valence-corrected chi connectivity index (χ4v) is 1.61. The zero-order chi connectivity index (χ0) is 7.68. The van der Waals surface area contributed by atoms with Crippen LogP contribution in [-0.4, -0.2) is 12.1 Å². The third-order valence-corrected chi connectivity index (χ3v) is 2.15. The third-order valence-electron chi connectivity index (χ3n) is 1.42. The highest BCUT2D eigenvalue weighted by molar-refractivity contribution is 7.09. The Morgan fingerprint density at radius 1 is 1.55 bits per heavy atom. The van der Waals surface area contributed by atoms with E-state index in [1.807, 2.05) is 10.8 Å². The summed E-state index contributed by atoms with van der Waals surface area (Å²) in [5.74, 6) is 0.00546. The molecule has 1 aliphatic heterocycles. The lowest BCUT2D eigenvalue weighted by Crippen LogP contribution is -2.09. The molecule has 1 aromatic rings. The molecule has 0 unspecified atom stereocenters. The van der Waals surface area contributed by atoms with E-state index in [1.54, 1.807) is 6.21 Å². The molecule has 0 saturated carbocycles. The summed E-state index contributed by atoms with van der Waals surface area (Å²) in [6.07, 6.45) is 2.01. The quantitative estimate of drug-likeness (QED) is 0.627. The van der Waals surface area contributed by atoms with Crippen molar-refractivity contribution in [2.24, 2.45) is 4.99 Å². The SMILES string of the molecule is O=C1CC=Nc2cscc2N1. The van der Waals surface area contributed by atoms with Crippen LogP contribution in [0.3, 0.4) is 0 Å². The molecule has 1 N–H and O–H groups in total. The molecule has 11 heavy (non-hydrogen) atoms. The molecule has 0 bridgehead atoms. The van der Waals surface area contributed by atoms with Gasteiger partial charge in [0, 0.05) is 17.0 Å². The Morgan fingerprint density at radius 3 is 3.36 bits per heavy atom. The highest BCUT2D eigenvalue weighted by atomic mass is 32.1. The number of amides is 1. The van der Waals surface area contributed by atoms with Crippen LogP contribution in [0, 0.1) is 0 Å². The van der Waals surface area contributed by atoms with Crippen LogP contribution in [0.25, 0.3) is 0 Å². The minimum Gasteiger partial charge on any atom is -0.323 e. The molecule has 3 nitrogen and oxygen atoms in total. The Morgan fingerprint density at radius 2 is 2.45 bits per heavy atom. The lowest BCUT2D eigenvalue weighted by Gasteiger charge is -1.96. The van der Waals surface area contributed by atoms with Crippen molar-refractivity contribution < 1.29 is 4.79 Å².